The minimum Gasteiger partial charge on any atom is -0.477 e. The average molecular weight is 697 g/mol. The summed E-state index contributed by atoms with van der Waals surface area (Å²) in [5, 5.41) is 9.58. The second kappa shape index (κ2) is 33.2. The third-order valence-corrected chi connectivity index (χ3v) is 9.16. The van der Waals surface area contributed by atoms with Crippen LogP contribution in [0, 0.1) is 0 Å². The van der Waals surface area contributed by atoms with E-state index in [4.69, 9.17) is 14.2 Å². The maximum absolute atomic E-state index is 12.6. The van der Waals surface area contributed by atoms with E-state index in [0.717, 1.165) is 51.4 Å². The average Bonchev–Trinajstić information content (AvgIpc) is 3.05. The molecule has 0 aliphatic rings. The van der Waals surface area contributed by atoms with Gasteiger partial charge in [0.05, 0.1) is 34.4 Å². The fraction of sp³-hybridized carbons (Fsp3) is 0.878. The highest BCUT2D eigenvalue weighted by Gasteiger charge is 2.31. The van der Waals surface area contributed by atoms with Crippen molar-refractivity contribution in [3.8, 4) is 0 Å². The van der Waals surface area contributed by atoms with Gasteiger partial charge in [0.1, 0.15) is 6.61 Å². The van der Waals surface area contributed by atoms with Gasteiger partial charge >= 0.3 is 17.9 Å². The Hall–Kier alpha value is -1.93. The van der Waals surface area contributed by atoms with Crippen molar-refractivity contribution in [3.63, 3.8) is 0 Å². The SMILES string of the molecule is CCCC/C=C/CCCCCCCC(=O)OC(COCCC(C(=O)O)[N+](C)(C)C)COC(=O)CCCCCCCCCCCCCCCC. The van der Waals surface area contributed by atoms with Crippen LogP contribution in [0.1, 0.15) is 181 Å². The van der Waals surface area contributed by atoms with E-state index >= 15 is 0 Å². The molecule has 0 spiro atoms. The molecule has 0 aromatic rings. The summed E-state index contributed by atoms with van der Waals surface area (Å²) in [6, 6.07) is -0.610. The number of aliphatic carboxylic acids is 1. The second-order valence-electron chi connectivity index (χ2n) is 14.9. The minimum atomic E-state index is -0.875. The zero-order chi connectivity index (χ0) is 36.4. The van der Waals surface area contributed by atoms with Crippen LogP contribution in [0.2, 0.25) is 0 Å². The Bertz CT molecular complexity index is 823. The molecule has 0 heterocycles. The van der Waals surface area contributed by atoms with Crippen molar-refractivity contribution in [1.29, 1.82) is 0 Å². The lowest BCUT2D eigenvalue weighted by atomic mass is 10.0. The summed E-state index contributed by atoms with van der Waals surface area (Å²) in [5.74, 6) is -1.47. The fourth-order valence-corrected chi connectivity index (χ4v) is 5.95. The van der Waals surface area contributed by atoms with Crippen molar-refractivity contribution in [2.24, 2.45) is 0 Å². The van der Waals surface area contributed by atoms with Gasteiger partial charge in [0.2, 0.25) is 0 Å². The van der Waals surface area contributed by atoms with E-state index in [-0.39, 0.29) is 36.2 Å². The first kappa shape index (κ1) is 47.1. The van der Waals surface area contributed by atoms with Crippen LogP contribution in [-0.4, -0.2) is 80.6 Å². The summed E-state index contributed by atoms with van der Waals surface area (Å²) in [6.45, 7) is 4.69. The van der Waals surface area contributed by atoms with Crippen molar-refractivity contribution in [1.82, 2.24) is 0 Å². The lowest BCUT2D eigenvalue weighted by Crippen LogP contribution is -2.50. The number of carboxylic acid groups (broad SMARTS) is 1. The monoisotopic (exact) mass is 697 g/mol. The Morgan fingerprint density at radius 3 is 1.53 bits per heavy atom. The number of carbonyl (C=O) groups is 3. The molecule has 0 aliphatic heterocycles. The highest BCUT2D eigenvalue weighted by atomic mass is 16.6. The number of unbranched alkanes of at least 4 members (excludes halogenated alkanes) is 20. The van der Waals surface area contributed by atoms with Gasteiger partial charge in [-0.25, -0.2) is 4.79 Å². The van der Waals surface area contributed by atoms with Gasteiger partial charge in [-0.3, -0.25) is 9.59 Å². The summed E-state index contributed by atoms with van der Waals surface area (Å²) in [7, 11) is 5.52. The van der Waals surface area contributed by atoms with Crippen molar-refractivity contribution < 1.29 is 38.2 Å². The van der Waals surface area contributed by atoms with E-state index in [1.807, 2.05) is 21.1 Å². The minimum absolute atomic E-state index is 0.0490. The molecule has 0 fully saturated rings. The Morgan fingerprint density at radius 2 is 1.04 bits per heavy atom. The van der Waals surface area contributed by atoms with E-state index in [1.54, 1.807) is 0 Å². The van der Waals surface area contributed by atoms with Crippen LogP contribution < -0.4 is 0 Å². The molecule has 0 aliphatic carbocycles. The number of hydrogen-bond acceptors (Lipinski definition) is 6. The van der Waals surface area contributed by atoms with E-state index < -0.39 is 18.1 Å². The number of hydrogen-bond donors (Lipinski definition) is 1. The third-order valence-electron chi connectivity index (χ3n) is 9.16. The van der Waals surface area contributed by atoms with Crippen molar-refractivity contribution in [2.45, 2.75) is 193 Å². The van der Waals surface area contributed by atoms with Gasteiger partial charge in [-0.2, -0.15) is 0 Å². The lowest BCUT2D eigenvalue weighted by Gasteiger charge is -2.31. The normalized spacial score (nSPS) is 13.1. The number of carbonyl (C=O) groups excluding carboxylic acids is 2. The summed E-state index contributed by atoms with van der Waals surface area (Å²) in [6.07, 6.45) is 32.5. The molecule has 0 saturated heterocycles. The standard InChI is InChI=1S/C41H77NO7/c1-6-8-10-12-14-16-18-19-20-22-23-25-27-29-31-39(43)48-36-37(35-47-34-33-38(41(45)46)42(3,4)5)49-40(44)32-30-28-26-24-21-17-15-13-11-9-7-2/h13,15,37-38H,6-12,14,16-36H2,1-5H3/p+1/b15-13+. The Morgan fingerprint density at radius 1 is 0.592 bits per heavy atom. The smallest absolute Gasteiger partial charge is 0.362 e. The molecule has 0 saturated carbocycles. The van der Waals surface area contributed by atoms with Gasteiger partial charge in [0, 0.05) is 19.3 Å². The van der Waals surface area contributed by atoms with E-state index in [0.29, 0.717) is 19.3 Å². The van der Waals surface area contributed by atoms with Crippen LogP contribution in [0.4, 0.5) is 0 Å². The predicted octanol–water partition coefficient (Wildman–Crippen LogP) is 10.4. The predicted molar refractivity (Wildman–Crippen MR) is 202 cm³/mol. The van der Waals surface area contributed by atoms with Gasteiger partial charge in [0.15, 0.2) is 12.1 Å². The second-order valence-corrected chi connectivity index (χ2v) is 14.9. The molecule has 49 heavy (non-hydrogen) atoms. The lowest BCUT2D eigenvalue weighted by molar-refractivity contribution is -0.887. The summed E-state index contributed by atoms with van der Waals surface area (Å²) < 4.78 is 17.2. The molecule has 0 aromatic carbocycles. The number of nitrogens with zero attached hydrogens (tertiary/aromatic N) is 1. The van der Waals surface area contributed by atoms with Crippen LogP contribution in [0.15, 0.2) is 12.2 Å². The van der Waals surface area contributed by atoms with Gasteiger partial charge in [-0.15, -0.1) is 0 Å². The molecule has 2 unspecified atom stereocenters. The molecule has 1 N–H and O–H groups in total. The number of quaternary nitrogens is 1. The number of esters is 2. The van der Waals surface area contributed by atoms with Crippen molar-refractivity contribution >= 4 is 17.9 Å². The third kappa shape index (κ3) is 31.8. The summed E-state index contributed by atoms with van der Waals surface area (Å²) in [5.41, 5.74) is 0. The first-order valence-electron chi connectivity index (χ1n) is 20.2. The first-order chi connectivity index (χ1) is 23.6. The molecule has 0 radical (unpaired) electrons. The molecule has 288 valence electrons. The number of rotatable bonds is 36. The molecule has 2 atom stereocenters. The topological polar surface area (TPSA) is 99.1 Å². The van der Waals surface area contributed by atoms with Gasteiger partial charge < -0.3 is 23.8 Å². The highest BCUT2D eigenvalue weighted by Crippen LogP contribution is 2.15. The first-order valence-corrected chi connectivity index (χ1v) is 20.2. The van der Waals surface area contributed by atoms with E-state index in [1.165, 1.54) is 96.3 Å². The largest absolute Gasteiger partial charge is 0.477 e. The highest BCUT2D eigenvalue weighted by molar-refractivity contribution is 5.72. The van der Waals surface area contributed by atoms with E-state index in [9.17, 15) is 19.5 Å². The number of allylic oxidation sites excluding steroid dienone is 2. The van der Waals surface area contributed by atoms with Gasteiger partial charge in [-0.1, -0.05) is 142 Å². The molecule has 8 nitrogen and oxygen atoms in total. The zero-order valence-electron chi connectivity index (χ0n) is 32.7. The summed E-state index contributed by atoms with van der Waals surface area (Å²) >= 11 is 0. The van der Waals surface area contributed by atoms with E-state index in [2.05, 4.69) is 26.0 Å². The van der Waals surface area contributed by atoms with Crippen molar-refractivity contribution in [3.05, 3.63) is 12.2 Å². The van der Waals surface area contributed by atoms with Crippen LogP contribution in [-0.2, 0) is 28.6 Å². The van der Waals surface area contributed by atoms with Gasteiger partial charge in [-0.05, 0) is 32.1 Å². The summed E-state index contributed by atoms with van der Waals surface area (Å²) in [4.78, 5) is 36.8. The molecule has 0 bridgehead atoms. The fourth-order valence-electron chi connectivity index (χ4n) is 5.95. The molecular weight excluding hydrogens is 618 g/mol. The maximum atomic E-state index is 12.6. The quantitative estimate of drug-likeness (QED) is 0.0301. The maximum Gasteiger partial charge on any atom is 0.362 e. The molecule has 8 heteroatoms. The zero-order valence-corrected chi connectivity index (χ0v) is 32.7. The number of ether oxygens (including phenoxy) is 3. The Balaban J connectivity index is 4.36. The number of likely N-dealkylation sites (N-methyl/N-ethyl adjacent to an activating group) is 1. The number of carboxylic acids is 1. The van der Waals surface area contributed by atoms with Crippen LogP contribution in [0.25, 0.3) is 0 Å². The molecule has 0 aromatic heterocycles. The van der Waals surface area contributed by atoms with Gasteiger partial charge in [0.25, 0.3) is 0 Å². The molecule has 0 amide bonds. The molecule has 0 rings (SSSR count). The Labute approximate surface area is 301 Å². The van der Waals surface area contributed by atoms with Crippen LogP contribution >= 0.6 is 0 Å². The molecular formula is C41H78NO7+. The Kier molecular flexibility index (Phi) is 31.9. The van der Waals surface area contributed by atoms with Crippen molar-refractivity contribution in [2.75, 3.05) is 41.0 Å². The van der Waals surface area contributed by atoms with Crippen LogP contribution in [0.3, 0.4) is 0 Å². The van der Waals surface area contributed by atoms with Crippen LogP contribution in [0.5, 0.6) is 0 Å².